The van der Waals surface area contributed by atoms with E-state index in [2.05, 4.69) is 12.2 Å². The van der Waals surface area contributed by atoms with Crippen molar-refractivity contribution in [1.82, 2.24) is 5.32 Å². The van der Waals surface area contributed by atoms with E-state index in [1.807, 2.05) is 24.3 Å². The summed E-state index contributed by atoms with van der Waals surface area (Å²) in [6, 6.07) is 11.3. The summed E-state index contributed by atoms with van der Waals surface area (Å²) in [5, 5.41) is 12.5. The first-order valence-corrected chi connectivity index (χ1v) is 5.30. The Morgan fingerprint density at radius 1 is 1.25 bits per heavy atom. The summed E-state index contributed by atoms with van der Waals surface area (Å²) in [6.45, 7) is 2.78. The van der Waals surface area contributed by atoms with Gasteiger partial charge in [0.05, 0.1) is 12.8 Å². The van der Waals surface area contributed by atoms with Crippen LogP contribution in [0.5, 0.6) is 5.75 Å². The second-order valence-corrected chi connectivity index (χ2v) is 3.77. The number of rotatable bonds is 4. The summed E-state index contributed by atoms with van der Waals surface area (Å²) < 4.78 is 5.24. The van der Waals surface area contributed by atoms with Gasteiger partial charge in [-0.15, -0.1) is 0 Å². The van der Waals surface area contributed by atoms with Gasteiger partial charge in [-0.1, -0.05) is 12.1 Å². The third-order valence-electron chi connectivity index (χ3n) is 2.56. The van der Waals surface area contributed by atoms with Crippen LogP contribution in [0.4, 0.5) is 0 Å². The molecule has 16 heavy (non-hydrogen) atoms. The van der Waals surface area contributed by atoms with E-state index < -0.39 is 0 Å². The van der Waals surface area contributed by atoms with Crippen LogP contribution < -0.4 is 5.32 Å². The molecule has 1 heterocycles. The molecule has 0 fully saturated rings. The molecular formula is C13H15NO2. The highest BCUT2D eigenvalue weighted by Gasteiger charge is 2.05. The maximum atomic E-state index is 9.18. The first-order valence-electron chi connectivity index (χ1n) is 5.30. The summed E-state index contributed by atoms with van der Waals surface area (Å²) in [6.07, 6.45) is 1.67. The topological polar surface area (TPSA) is 45.4 Å². The largest absolute Gasteiger partial charge is 0.508 e. The van der Waals surface area contributed by atoms with Gasteiger partial charge in [0.25, 0.3) is 0 Å². The molecule has 1 aromatic carbocycles. The molecule has 3 heteroatoms. The Morgan fingerprint density at radius 3 is 2.62 bits per heavy atom. The van der Waals surface area contributed by atoms with E-state index in [0.29, 0.717) is 12.3 Å². The molecule has 0 saturated heterocycles. The second kappa shape index (κ2) is 4.86. The molecule has 2 aromatic rings. The quantitative estimate of drug-likeness (QED) is 0.827. The van der Waals surface area contributed by atoms with Crippen LogP contribution in [0.2, 0.25) is 0 Å². The first-order chi connectivity index (χ1) is 7.75. The van der Waals surface area contributed by atoms with Crippen LogP contribution in [0, 0.1) is 0 Å². The lowest BCUT2D eigenvalue weighted by Crippen LogP contribution is -2.17. The van der Waals surface area contributed by atoms with Gasteiger partial charge < -0.3 is 14.8 Å². The molecule has 3 nitrogen and oxygen atoms in total. The fraction of sp³-hybridized carbons (Fsp3) is 0.231. The van der Waals surface area contributed by atoms with Crippen molar-refractivity contribution < 1.29 is 9.52 Å². The van der Waals surface area contributed by atoms with Gasteiger partial charge in [0.15, 0.2) is 0 Å². The number of benzene rings is 1. The Hall–Kier alpha value is -1.74. The summed E-state index contributed by atoms with van der Waals surface area (Å²) in [4.78, 5) is 0. The van der Waals surface area contributed by atoms with Gasteiger partial charge >= 0.3 is 0 Å². The minimum Gasteiger partial charge on any atom is -0.508 e. The van der Waals surface area contributed by atoms with Crippen LogP contribution in [0.25, 0.3) is 0 Å². The Morgan fingerprint density at radius 2 is 2.00 bits per heavy atom. The molecule has 0 spiro atoms. The minimum absolute atomic E-state index is 0.227. The molecular weight excluding hydrogens is 202 g/mol. The standard InChI is InChI=1S/C13H15NO2/c1-10(11-4-6-12(15)7-5-11)14-9-13-3-2-8-16-13/h2-8,10,14-15H,9H2,1H3. The van der Waals surface area contributed by atoms with Gasteiger partial charge in [0.2, 0.25) is 0 Å². The number of hydrogen-bond acceptors (Lipinski definition) is 3. The van der Waals surface area contributed by atoms with Crippen molar-refractivity contribution in [3.8, 4) is 5.75 Å². The molecule has 0 aliphatic rings. The van der Waals surface area contributed by atoms with Crippen LogP contribution in [0.3, 0.4) is 0 Å². The maximum Gasteiger partial charge on any atom is 0.117 e. The highest BCUT2D eigenvalue weighted by molar-refractivity contribution is 5.27. The zero-order chi connectivity index (χ0) is 11.4. The molecule has 2 N–H and O–H groups in total. The molecule has 0 amide bonds. The van der Waals surface area contributed by atoms with Crippen molar-refractivity contribution in [2.75, 3.05) is 0 Å². The lowest BCUT2D eigenvalue weighted by molar-refractivity contribution is 0.458. The SMILES string of the molecule is CC(NCc1ccco1)c1ccc(O)cc1. The van der Waals surface area contributed by atoms with Gasteiger partial charge in [0, 0.05) is 6.04 Å². The predicted molar refractivity (Wildman–Crippen MR) is 62.1 cm³/mol. The number of phenols is 1. The van der Waals surface area contributed by atoms with Gasteiger partial charge in [-0.05, 0) is 36.8 Å². The Bertz CT molecular complexity index is 420. The van der Waals surface area contributed by atoms with Crippen LogP contribution in [-0.4, -0.2) is 5.11 Å². The van der Waals surface area contributed by atoms with Crippen LogP contribution in [0.15, 0.2) is 47.1 Å². The van der Waals surface area contributed by atoms with Gasteiger partial charge in [-0.25, -0.2) is 0 Å². The molecule has 0 aliphatic heterocycles. The molecule has 2 rings (SSSR count). The van der Waals surface area contributed by atoms with Crippen molar-refractivity contribution >= 4 is 0 Å². The lowest BCUT2D eigenvalue weighted by atomic mass is 10.1. The normalized spacial score (nSPS) is 12.6. The molecule has 1 aromatic heterocycles. The van der Waals surface area contributed by atoms with Gasteiger partial charge in [-0.3, -0.25) is 0 Å². The molecule has 84 valence electrons. The van der Waals surface area contributed by atoms with Crippen molar-refractivity contribution in [2.24, 2.45) is 0 Å². The van der Waals surface area contributed by atoms with E-state index in [-0.39, 0.29) is 6.04 Å². The molecule has 0 saturated carbocycles. The molecule has 0 radical (unpaired) electrons. The number of hydrogen-bond donors (Lipinski definition) is 2. The van der Waals surface area contributed by atoms with E-state index >= 15 is 0 Å². The number of phenolic OH excluding ortho intramolecular Hbond substituents is 1. The molecule has 0 bridgehead atoms. The fourth-order valence-corrected chi connectivity index (χ4v) is 1.55. The van der Waals surface area contributed by atoms with Crippen LogP contribution >= 0.6 is 0 Å². The Labute approximate surface area is 94.7 Å². The number of furan rings is 1. The summed E-state index contributed by atoms with van der Waals surface area (Å²) in [7, 11) is 0. The summed E-state index contributed by atoms with van der Waals surface area (Å²) in [5.41, 5.74) is 1.14. The Kier molecular flexibility index (Phi) is 3.27. The Balaban J connectivity index is 1.93. The minimum atomic E-state index is 0.227. The van der Waals surface area contributed by atoms with Gasteiger partial charge in [-0.2, -0.15) is 0 Å². The zero-order valence-corrected chi connectivity index (χ0v) is 9.18. The predicted octanol–water partition coefficient (Wildman–Crippen LogP) is 2.84. The highest BCUT2D eigenvalue weighted by Crippen LogP contribution is 2.16. The van der Waals surface area contributed by atoms with E-state index in [0.717, 1.165) is 11.3 Å². The molecule has 1 unspecified atom stereocenters. The number of aromatic hydroxyl groups is 1. The van der Waals surface area contributed by atoms with E-state index in [1.165, 1.54) is 0 Å². The average molecular weight is 217 g/mol. The third kappa shape index (κ3) is 2.64. The zero-order valence-electron chi connectivity index (χ0n) is 9.18. The highest BCUT2D eigenvalue weighted by atomic mass is 16.3. The second-order valence-electron chi connectivity index (χ2n) is 3.77. The monoisotopic (exact) mass is 217 g/mol. The number of nitrogens with one attached hydrogen (secondary N) is 1. The van der Waals surface area contributed by atoms with Crippen LogP contribution in [0.1, 0.15) is 24.3 Å². The van der Waals surface area contributed by atoms with E-state index in [9.17, 15) is 5.11 Å². The van der Waals surface area contributed by atoms with E-state index in [4.69, 9.17) is 4.42 Å². The maximum absolute atomic E-state index is 9.18. The van der Waals surface area contributed by atoms with Crippen molar-refractivity contribution in [3.63, 3.8) is 0 Å². The summed E-state index contributed by atoms with van der Waals surface area (Å²) in [5.74, 6) is 1.22. The van der Waals surface area contributed by atoms with Crippen molar-refractivity contribution in [3.05, 3.63) is 54.0 Å². The van der Waals surface area contributed by atoms with Gasteiger partial charge in [0.1, 0.15) is 11.5 Å². The van der Waals surface area contributed by atoms with Crippen LogP contribution in [-0.2, 0) is 6.54 Å². The lowest BCUT2D eigenvalue weighted by Gasteiger charge is -2.13. The molecule has 1 atom stereocenters. The third-order valence-corrected chi connectivity index (χ3v) is 2.56. The summed E-state index contributed by atoms with van der Waals surface area (Å²) >= 11 is 0. The van der Waals surface area contributed by atoms with Crippen molar-refractivity contribution in [1.29, 1.82) is 0 Å². The van der Waals surface area contributed by atoms with Crippen molar-refractivity contribution in [2.45, 2.75) is 19.5 Å². The first kappa shape index (κ1) is 10.8. The fourth-order valence-electron chi connectivity index (χ4n) is 1.55. The van der Waals surface area contributed by atoms with E-state index in [1.54, 1.807) is 18.4 Å². The molecule has 0 aliphatic carbocycles. The average Bonchev–Trinajstić information content (AvgIpc) is 2.80. The smallest absolute Gasteiger partial charge is 0.117 e.